The monoisotopic (exact) mass is 333 g/mol. The van der Waals surface area contributed by atoms with E-state index in [4.69, 9.17) is 16.0 Å². The minimum absolute atomic E-state index is 0.153. The minimum atomic E-state index is -0.153. The van der Waals surface area contributed by atoms with Crippen molar-refractivity contribution in [2.75, 3.05) is 11.9 Å². The highest BCUT2D eigenvalue weighted by Crippen LogP contribution is 2.37. The molecule has 1 aliphatic carbocycles. The van der Waals surface area contributed by atoms with Crippen molar-refractivity contribution in [3.8, 4) is 0 Å². The van der Waals surface area contributed by atoms with Crippen molar-refractivity contribution in [1.82, 2.24) is 5.32 Å². The molecule has 5 heteroatoms. The molecule has 1 aliphatic rings. The summed E-state index contributed by atoms with van der Waals surface area (Å²) in [6, 6.07) is 1.60. The van der Waals surface area contributed by atoms with Gasteiger partial charge in [-0.2, -0.15) is 0 Å². The van der Waals surface area contributed by atoms with Gasteiger partial charge in [-0.15, -0.1) is 0 Å². The predicted molar refractivity (Wildman–Crippen MR) is 75.4 cm³/mol. The number of amides is 1. The van der Waals surface area contributed by atoms with Crippen LogP contribution in [0.5, 0.6) is 0 Å². The normalized spacial score (nSPS) is 18.6. The molecule has 1 aromatic rings. The molecule has 0 unspecified atom stereocenters. The highest BCUT2D eigenvalue weighted by Gasteiger charge is 2.31. The van der Waals surface area contributed by atoms with Gasteiger partial charge in [0.1, 0.15) is 0 Å². The largest absolute Gasteiger partial charge is 0.452 e. The van der Waals surface area contributed by atoms with Gasteiger partial charge in [-0.3, -0.25) is 4.79 Å². The molecule has 1 N–H and O–H groups in total. The van der Waals surface area contributed by atoms with Crippen molar-refractivity contribution in [3.05, 3.63) is 23.1 Å². The molecule has 1 amide bonds. The molecule has 100 valence electrons. The minimum Gasteiger partial charge on any atom is -0.452 e. The van der Waals surface area contributed by atoms with E-state index in [-0.39, 0.29) is 16.5 Å². The number of hydrogen-bond donors (Lipinski definition) is 1. The van der Waals surface area contributed by atoms with Gasteiger partial charge in [-0.1, -0.05) is 35.2 Å². The van der Waals surface area contributed by atoms with Crippen molar-refractivity contribution in [2.24, 2.45) is 5.41 Å². The van der Waals surface area contributed by atoms with Crippen LogP contribution in [0.15, 0.2) is 16.7 Å². The number of carbonyl (C=O) groups excluding carboxylic acids is 1. The van der Waals surface area contributed by atoms with Crippen molar-refractivity contribution in [1.29, 1.82) is 0 Å². The highest BCUT2D eigenvalue weighted by molar-refractivity contribution is 9.09. The van der Waals surface area contributed by atoms with E-state index in [9.17, 15) is 4.79 Å². The summed E-state index contributed by atoms with van der Waals surface area (Å²) in [4.78, 5) is 12.0. The molecule has 18 heavy (non-hydrogen) atoms. The van der Waals surface area contributed by atoms with Crippen LogP contribution in [0, 0.1) is 5.41 Å². The van der Waals surface area contributed by atoms with Crippen LogP contribution in [0.2, 0.25) is 5.22 Å². The van der Waals surface area contributed by atoms with E-state index in [0.717, 1.165) is 18.2 Å². The van der Waals surface area contributed by atoms with Gasteiger partial charge in [-0.25, -0.2) is 0 Å². The van der Waals surface area contributed by atoms with Gasteiger partial charge in [0.05, 0.1) is 11.8 Å². The maximum atomic E-state index is 12.0. The molecule has 0 saturated heterocycles. The van der Waals surface area contributed by atoms with E-state index in [2.05, 4.69) is 21.2 Å². The zero-order chi connectivity index (χ0) is 13.0. The molecule has 1 fully saturated rings. The third kappa shape index (κ3) is 3.09. The Labute approximate surface area is 120 Å². The molecule has 0 aliphatic heterocycles. The summed E-state index contributed by atoms with van der Waals surface area (Å²) in [6.45, 7) is 0.693. The summed E-state index contributed by atoms with van der Waals surface area (Å²) in [5, 5.41) is 4.06. The zero-order valence-electron chi connectivity index (χ0n) is 10.2. The number of hydrogen-bond acceptors (Lipinski definition) is 2. The van der Waals surface area contributed by atoms with Gasteiger partial charge in [-0.05, 0) is 35.9 Å². The van der Waals surface area contributed by atoms with Crippen LogP contribution >= 0.6 is 27.5 Å². The first-order valence-electron chi connectivity index (χ1n) is 6.24. The Hall–Kier alpha value is -0.480. The Balaban J connectivity index is 1.94. The van der Waals surface area contributed by atoms with Crippen LogP contribution < -0.4 is 5.32 Å². The van der Waals surface area contributed by atoms with Gasteiger partial charge in [0.25, 0.3) is 5.91 Å². The highest BCUT2D eigenvalue weighted by atomic mass is 79.9. The van der Waals surface area contributed by atoms with Crippen LogP contribution in [0.1, 0.15) is 42.5 Å². The lowest BCUT2D eigenvalue weighted by atomic mass is 9.75. The standard InChI is InChI=1S/C13H17BrClNO2/c14-8-13(5-2-1-3-6-13)9-16-12(17)10-4-7-18-11(10)15/h4,7H,1-3,5-6,8-9H2,(H,16,17). The number of rotatable bonds is 4. The van der Waals surface area contributed by atoms with Crippen LogP contribution in [0.25, 0.3) is 0 Å². The Bertz CT molecular complexity index is 413. The van der Waals surface area contributed by atoms with Gasteiger partial charge < -0.3 is 9.73 Å². The Morgan fingerprint density at radius 2 is 2.17 bits per heavy atom. The molecule has 0 bridgehead atoms. The summed E-state index contributed by atoms with van der Waals surface area (Å²) >= 11 is 9.37. The third-order valence-corrected chi connectivity index (χ3v) is 5.17. The smallest absolute Gasteiger partial charge is 0.256 e. The second-order valence-corrected chi connectivity index (χ2v) is 5.89. The van der Waals surface area contributed by atoms with E-state index < -0.39 is 0 Å². The summed E-state index contributed by atoms with van der Waals surface area (Å²) < 4.78 is 4.92. The predicted octanol–water partition coefficient (Wildman–Crippen LogP) is 4.01. The second kappa shape index (κ2) is 6.11. The zero-order valence-corrected chi connectivity index (χ0v) is 12.5. The molecule has 0 spiro atoms. The van der Waals surface area contributed by atoms with Crippen molar-refractivity contribution in [2.45, 2.75) is 32.1 Å². The van der Waals surface area contributed by atoms with Gasteiger partial charge >= 0.3 is 0 Å². The number of alkyl halides is 1. The first-order valence-corrected chi connectivity index (χ1v) is 7.74. The maximum absolute atomic E-state index is 12.0. The van der Waals surface area contributed by atoms with E-state index in [1.54, 1.807) is 6.07 Å². The average Bonchev–Trinajstić information content (AvgIpc) is 2.83. The van der Waals surface area contributed by atoms with Gasteiger partial charge in [0.15, 0.2) is 0 Å². The number of nitrogens with one attached hydrogen (secondary N) is 1. The molecule has 0 atom stereocenters. The molecule has 2 rings (SSSR count). The Kier molecular flexibility index (Phi) is 4.73. The lowest BCUT2D eigenvalue weighted by molar-refractivity contribution is 0.0921. The molecular weight excluding hydrogens is 318 g/mol. The van der Waals surface area contributed by atoms with Gasteiger partial charge in [0.2, 0.25) is 5.22 Å². The van der Waals surface area contributed by atoms with Gasteiger partial charge in [0, 0.05) is 11.9 Å². The van der Waals surface area contributed by atoms with Crippen molar-refractivity contribution < 1.29 is 9.21 Å². The van der Waals surface area contributed by atoms with E-state index in [1.165, 1.54) is 25.5 Å². The fourth-order valence-corrected chi connectivity index (χ4v) is 3.44. The summed E-state index contributed by atoms with van der Waals surface area (Å²) in [7, 11) is 0. The first-order chi connectivity index (χ1) is 8.67. The number of furan rings is 1. The average molecular weight is 335 g/mol. The van der Waals surface area contributed by atoms with Crippen LogP contribution in [0.3, 0.4) is 0 Å². The molecule has 1 heterocycles. The first kappa shape index (κ1) is 13.9. The molecular formula is C13H17BrClNO2. The van der Waals surface area contributed by atoms with Crippen molar-refractivity contribution >= 4 is 33.4 Å². The fraction of sp³-hybridized carbons (Fsp3) is 0.615. The fourth-order valence-electron chi connectivity index (χ4n) is 2.48. The number of halogens is 2. The topological polar surface area (TPSA) is 42.2 Å². The Morgan fingerprint density at radius 1 is 1.44 bits per heavy atom. The summed E-state index contributed by atoms with van der Waals surface area (Å²) in [6.07, 6.45) is 7.55. The van der Waals surface area contributed by atoms with E-state index >= 15 is 0 Å². The molecule has 3 nitrogen and oxygen atoms in total. The number of carbonyl (C=O) groups is 1. The molecule has 1 saturated carbocycles. The summed E-state index contributed by atoms with van der Waals surface area (Å²) in [5.41, 5.74) is 0.613. The SMILES string of the molecule is O=C(NCC1(CBr)CCCCC1)c1ccoc1Cl. The van der Waals surface area contributed by atoms with E-state index in [1.807, 2.05) is 0 Å². The Morgan fingerprint density at radius 3 is 2.72 bits per heavy atom. The molecule has 0 aromatic carbocycles. The van der Waals surface area contributed by atoms with Crippen molar-refractivity contribution in [3.63, 3.8) is 0 Å². The third-order valence-electron chi connectivity index (χ3n) is 3.68. The lowest BCUT2D eigenvalue weighted by Crippen LogP contribution is -2.40. The lowest BCUT2D eigenvalue weighted by Gasteiger charge is -2.35. The van der Waals surface area contributed by atoms with Crippen LogP contribution in [-0.4, -0.2) is 17.8 Å². The quantitative estimate of drug-likeness (QED) is 0.845. The summed E-state index contributed by atoms with van der Waals surface area (Å²) in [5.74, 6) is -0.153. The molecule has 0 radical (unpaired) electrons. The maximum Gasteiger partial charge on any atom is 0.256 e. The second-order valence-electron chi connectivity index (χ2n) is 4.98. The van der Waals surface area contributed by atoms with E-state index in [0.29, 0.717) is 12.1 Å². The van der Waals surface area contributed by atoms with Crippen LogP contribution in [-0.2, 0) is 0 Å². The van der Waals surface area contributed by atoms with Crippen LogP contribution in [0.4, 0.5) is 0 Å². The molecule has 1 aromatic heterocycles.